The quantitative estimate of drug-likeness (QED) is 0.163. The maximum absolute atomic E-state index is 14.9. The van der Waals surface area contributed by atoms with Crippen LogP contribution in [0.2, 0.25) is 0 Å². The minimum atomic E-state index is -4.38. The Hall–Kier alpha value is -5.23. The molecule has 2 heterocycles. The number of aromatic nitrogens is 2. The number of rotatable bonds is 14. The van der Waals surface area contributed by atoms with Crippen molar-refractivity contribution in [2.24, 2.45) is 5.73 Å². The zero-order valence-electron chi connectivity index (χ0n) is 28.0. The van der Waals surface area contributed by atoms with Gasteiger partial charge in [0.2, 0.25) is 15.9 Å². The van der Waals surface area contributed by atoms with E-state index in [-0.39, 0.29) is 25.0 Å². The highest BCUT2D eigenvalue weighted by Gasteiger charge is 2.43. The van der Waals surface area contributed by atoms with Gasteiger partial charge in [-0.3, -0.25) is 14.4 Å². The molecular weight excluding hydrogens is 643 g/mol. The number of amides is 3. The number of nitrogens with two attached hydrogens (primary N) is 1. The van der Waals surface area contributed by atoms with Crippen molar-refractivity contribution in [3.8, 4) is 11.3 Å². The lowest BCUT2D eigenvalue weighted by Crippen LogP contribution is -2.59. The van der Waals surface area contributed by atoms with Crippen molar-refractivity contribution in [2.75, 3.05) is 12.8 Å². The molecule has 0 bridgehead atoms. The van der Waals surface area contributed by atoms with Gasteiger partial charge in [0, 0.05) is 54.2 Å². The molecule has 0 fully saturated rings. The van der Waals surface area contributed by atoms with Crippen LogP contribution in [-0.4, -0.2) is 70.4 Å². The van der Waals surface area contributed by atoms with Gasteiger partial charge in [-0.05, 0) is 49.6 Å². The SMILES string of the molecule is CCCCS(=O)(=O)N(C(=O)[C@H](Cc1ccc(-c2ccno2)cc1)N(C)C(=O)c1cc(C)cc(C)c1)[C@@H](Cc1c[nH]c2ccccc12)C(N)=O. The first-order chi connectivity index (χ1) is 23.4. The number of sulfonamides is 1. The van der Waals surface area contributed by atoms with Crippen LogP contribution in [0.4, 0.5) is 0 Å². The number of nitrogens with zero attached hydrogens (tertiary/aromatic N) is 3. The Bertz CT molecular complexity index is 2030. The van der Waals surface area contributed by atoms with E-state index in [2.05, 4.69) is 10.1 Å². The molecule has 3 amide bonds. The number of aryl methyl sites for hydroxylation is 2. The molecule has 5 aromatic rings. The molecule has 49 heavy (non-hydrogen) atoms. The van der Waals surface area contributed by atoms with E-state index in [0.29, 0.717) is 33.2 Å². The molecule has 3 aromatic carbocycles. The lowest BCUT2D eigenvalue weighted by Gasteiger charge is -2.35. The molecule has 0 aliphatic carbocycles. The van der Waals surface area contributed by atoms with E-state index in [1.807, 2.05) is 51.1 Å². The van der Waals surface area contributed by atoms with Crippen LogP contribution < -0.4 is 5.73 Å². The van der Waals surface area contributed by atoms with Crippen LogP contribution in [0.5, 0.6) is 0 Å². The maximum atomic E-state index is 14.9. The summed E-state index contributed by atoms with van der Waals surface area (Å²) < 4.78 is 34.2. The van der Waals surface area contributed by atoms with Crippen LogP contribution in [0, 0.1) is 13.8 Å². The summed E-state index contributed by atoms with van der Waals surface area (Å²) in [4.78, 5) is 46.5. The van der Waals surface area contributed by atoms with Crippen LogP contribution in [0.15, 0.2) is 89.7 Å². The van der Waals surface area contributed by atoms with Crippen LogP contribution in [0.1, 0.15) is 52.4 Å². The molecule has 0 unspecified atom stereocenters. The van der Waals surface area contributed by atoms with Gasteiger partial charge < -0.3 is 20.1 Å². The number of carbonyl (C=O) groups is 3. The number of unbranched alkanes of at least 4 members (excludes halogenated alkanes) is 1. The first-order valence-corrected chi connectivity index (χ1v) is 17.8. The summed E-state index contributed by atoms with van der Waals surface area (Å²) in [6, 6.07) is 18.8. The highest BCUT2D eigenvalue weighted by molar-refractivity contribution is 7.89. The standard InChI is InChI=1S/C37H41N5O6S/c1-5-6-17-49(46,47)42(32(35(38)43)22-29-23-39-31-10-8-7-9-30(29)31)37(45)33(41(4)36(44)28-19-24(2)18-25(3)20-28)21-26-11-13-27(14-12-26)34-15-16-40-48-34/h7-16,18-20,23,32-33,39H,5-6,17,21-22H2,1-4H3,(H2,38,43)/t32-,33-/m0/s1. The van der Waals surface area contributed by atoms with Crippen LogP contribution >= 0.6 is 0 Å². The van der Waals surface area contributed by atoms with Gasteiger partial charge in [0.25, 0.3) is 11.8 Å². The fourth-order valence-corrected chi connectivity index (χ4v) is 7.90. The molecule has 0 saturated heterocycles. The zero-order valence-corrected chi connectivity index (χ0v) is 28.9. The summed E-state index contributed by atoms with van der Waals surface area (Å²) in [6.07, 6.45) is 3.83. The average molecular weight is 684 g/mol. The molecule has 0 radical (unpaired) electrons. The van der Waals surface area contributed by atoms with Crippen LogP contribution in [0.3, 0.4) is 0 Å². The van der Waals surface area contributed by atoms with Crippen LogP contribution in [0.25, 0.3) is 22.2 Å². The van der Waals surface area contributed by atoms with E-state index < -0.39 is 39.8 Å². The Kier molecular flexibility index (Phi) is 10.7. The summed E-state index contributed by atoms with van der Waals surface area (Å²) in [5.74, 6) is -2.19. The third-order valence-corrected chi connectivity index (χ3v) is 10.5. The fraction of sp³-hybridized carbons (Fsp3) is 0.297. The van der Waals surface area contributed by atoms with Gasteiger partial charge in [0.15, 0.2) is 5.76 Å². The van der Waals surface area contributed by atoms with Gasteiger partial charge >= 0.3 is 0 Å². The van der Waals surface area contributed by atoms with Gasteiger partial charge in [-0.15, -0.1) is 0 Å². The molecule has 0 aliphatic rings. The number of aromatic amines is 1. The Balaban J connectivity index is 1.59. The molecule has 2 atom stereocenters. The van der Waals surface area contributed by atoms with E-state index in [9.17, 15) is 22.8 Å². The fourth-order valence-electron chi connectivity index (χ4n) is 6.09. The predicted octanol–water partition coefficient (Wildman–Crippen LogP) is 5.18. The van der Waals surface area contributed by atoms with Crippen molar-refractivity contribution in [1.82, 2.24) is 19.3 Å². The lowest BCUT2D eigenvalue weighted by atomic mass is 9.99. The van der Waals surface area contributed by atoms with Crippen molar-refractivity contribution in [2.45, 2.75) is 58.5 Å². The van der Waals surface area contributed by atoms with E-state index in [1.54, 1.807) is 48.7 Å². The summed E-state index contributed by atoms with van der Waals surface area (Å²) in [6.45, 7) is 5.57. The monoisotopic (exact) mass is 683 g/mol. The molecule has 0 aliphatic heterocycles. The van der Waals surface area contributed by atoms with Gasteiger partial charge in [0.05, 0.1) is 11.9 Å². The summed E-state index contributed by atoms with van der Waals surface area (Å²) in [5.41, 5.74) is 10.8. The lowest BCUT2D eigenvalue weighted by molar-refractivity contribution is -0.137. The van der Waals surface area contributed by atoms with E-state index in [4.69, 9.17) is 10.3 Å². The number of benzene rings is 3. The molecule has 11 nitrogen and oxygen atoms in total. The van der Waals surface area contributed by atoms with E-state index >= 15 is 0 Å². The number of fused-ring (bicyclic) bond motifs is 1. The second-order valence-corrected chi connectivity index (χ2v) is 14.3. The molecular formula is C37H41N5O6S. The van der Waals surface area contributed by atoms with E-state index in [1.165, 1.54) is 18.1 Å². The Morgan fingerprint density at radius 1 is 0.939 bits per heavy atom. The topological polar surface area (TPSA) is 160 Å². The van der Waals surface area contributed by atoms with Crippen LogP contribution in [-0.2, 0) is 32.5 Å². The van der Waals surface area contributed by atoms with Crippen molar-refractivity contribution in [1.29, 1.82) is 0 Å². The van der Waals surface area contributed by atoms with Crippen molar-refractivity contribution >= 4 is 38.6 Å². The molecule has 0 saturated carbocycles. The molecule has 3 N–H and O–H groups in total. The summed E-state index contributed by atoms with van der Waals surface area (Å²) in [5, 5.41) is 4.52. The first-order valence-electron chi connectivity index (χ1n) is 16.1. The summed E-state index contributed by atoms with van der Waals surface area (Å²) >= 11 is 0. The minimum absolute atomic E-state index is 0.0408. The number of nitrogens with one attached hydrogen (secondary N) is 1. The number of carbonyl (C=O) groups excluding carboxylic acids is 3. The van der Waals surface area contributed by atoms with Gasteiger partial charge in [-0.25, -0.2) is 12.7 Å². The van der Waals surface area contributed by atoms with E-state index in [0.717, 1.165) is 27.6 Å². The highest BCUT2D eigenvalue weighted by Crippen LogP contribution is 2.26. The zero-order chi connectivity index (χ0) is 35.3. The Labute approximate surface area is 286 Å². The molecule has 256 valence electrons. The van der Waals surface area contributed by atoms with Crippen molar-refractivity contribution in [3.05, 3.63) is 113 Å². The number of para-hydroxylation sites is 1. The van der Waals surface area contributed by atoms with Gasteiger partial charge in [-0.2, -0.15) is 0 Å². The van der Waals surface area contributed by atoms with Crippen molar-refractivity contribution < 1.29 is 27.3 Å². The highest BCUT2D eigenvalue weighted by atomic mass is 32.2. The number of hydrogen-bond acceptors (Lipinski definition) is 7. The molecule has 5 rings (SSSR count). The number of likely N-dealkylation sites (N-methyl/N-ethyl adjacent to an activating group) is 1. The first kappa shape index (κ1) is 35.1. The third kappa shape index (κ3) is 7.92. The number of hydrogen-bond donors (Lipinski definition) is 2. The smallest absolute Gasteiger partial charge is 0.259 e. The molecule has 0 spiro atoms. The normalized spacial score (nSPS) is 12.8. The Morgan fingerprint density at radius 2 is 1.63 bits per heavy atom. The second-order valence-electron chi connectivity index (χ2n) is 12.4. The molecule has 12 heteroatoms. The van der Waals surface area contributed by atoms with Crippen molar-refractivity contribution in [3.63, 3.8) is 0 Å². The maximum Gasteiger partial charge on any atom is 0.259 e. The number of primary amides is 1. The summed E-state index contributed by atoms with van der Waals surface area (Å²) in [7, 11) is -2.91. The number of H-pyrrole nitrogens is 1. The minimum Gasteiger partial charge on any atom is -0.368 e. The second kappa shape index (κ2) is 14.9. The Morgan fingerprint density at radius 3 is 2.27 bits per heavy atom. The predicted molar refractivity (Wildman–Crippen MR) is 188 cm³/mol. The van der Waals surface area contributed by atoms with Gasteiger partial charge in [0.1, 0.15) is 12.1 Å². The van der Waals surface area contributed by atoms with Gasteiger partial charge in [-0.1, -0.05) is 78.2 Å². The molecule has 2 aromatic heterocycles. The average Bonchev–Trinajstić information content (AvgIpc) is 3.76. The third-order valence-electron chi connectivity index (χ3n) is 8.62. The largest absolute Gasteiger partial charge is 0.368 e.